The van der Waals surface area contributed by atoms with Crippen LogP contribution in [0.3, 0.4) is 0 Å². The fourth-order valence-corrected chi connectivity index (χ4v) is 2.25. The van der Waals surface area contributed by atoms with Crippen LogP contribution < -0.4 is 5.32 Å². The van der Waals surface area contributed by atoms with Crippen LogP contribution in [0.1, 0.15) is 18.4 Å². The number of rotatable bonds is 1. The molecule has 23 heavy (non-hydrogen) atoms. The van der Waals surface area contributed by atoms with E-state index in [1.807, 2.05) is 5.32 Å². The molecule has 2 amide bonds. The fraction of sp³-hybridized carbons (Fsp3) is 0.429. The van der Waals surface area contributed by atoms with Crippen LogP contribution in [-0.2, 0) is 15.8 Å². The Bertz CT molecular complexity index is 611. The highest BCUT2D eigenvalue weighted by molar-refractivity contribution is 6.39. The summed E-state index contributed by atoms with van der Waals surface area (Å²) in [6.07, 6.45) is -4.84. The van der Waals surface area contributed by atoms with Crippen molar-refractivity contribution in [1.82, 2.24) is 4.90 Å². The molecular formula is C14H14F4N2O3. The molecule has 0 atom stereocenters. The standard InChI is InChI=1S/C14H14F4N2O3/c15-8-1-2-11(10(7-8)14(16,17)18)19-12(22)13(23)20-5-3-9(21)4-6-20/h1-2,7,9,21H,3-6H2,(H,19,22). The maximum Gasteiger partial charge on any atom is 0.418 e. The van der Waals surface area contributed by atoms with E-state index >= 15 is 0 Å². The quantitative estimate of drug-likeness (QED) is 0.607. The molecule has 0 aromatic heterocycles. The number of benzene rings is 1. The molecular weight excluding hydrogens is 320 g/mol. The molecule has 5 nitrogen and oxygen atoms in total. The summed E-state index contributed by atoms with van der Waals surface area (Å²) in [5.41, 5.74) is -2.05. The number of carbonyl (C=O) groups is 2. The van der Waals surface area contributed by atoms with Gasteiger partial charge >= 0.3 is 18.0 Å². The lowest BCUT2D eigenvalue weighted by molar-refractivity contribution is -0.144. The summed E-state index contributed by atoms with van der Waals surface area (Å²) >= 11 is 0. The summed E-state index contributed by atoms with van der Waals surface area (Å²) in [6.45, 7) is 0.284. The van der Waals surface area contributed by atoms with E-state index in [9.17, 15) is 32.3 Å². The minimum absolute atomic E-state index is 0.142. The third-order valence-corrected chi connectivity index (χ3v) is 3.48. The van der Waals surface area contributed by atoms with Crippen LogP contribution in [0.25, 0.3) is 0 Å². The number of nitrogens with one attached hydrogen (secondary N) is 1. The number of hydrogen-bond donors (Lipinski definition) is 2. The van der Waals surface area contributed by atoms with Gasteiger partial charge in [0.05, 0.1) is 17.4 Å². The van der Waals surface area contributed by atoms with Gasteiger partial charge in [0.2, 0.25) is 0 Å². The molecule has 1 aliphatic rings. The first kappa shape index (κ1) is 17.2. The van der Waals surface area contributed by atoms with Crippen molar-refractivity contribution in [2.75, 3.05) is 18.4 Å². The zero-order valence-corrected chi connectivity index (χ0v) is 11.9. The Morgan fingerprint density at radius 3 is 2.39 bits per heavy atom. The molecule has 1 fully saturated rings. The highest BCUT2D eigenvalue weighted by Gasteiger charge is 2.35. The Labute approximate surface area is 128 Å². The van der Waals surface area contributed by atoms with Crippen molar-refractivity contribution in [3.05, 3.63) is 29.6 Å². The molecule has 1 aliphatic heterocycles. The van der Waals surface area contributed by atoms with Gasteiger partial charge < -0.3 is 15.3 Å². The number of halogens is 4. The molecule has 0 aliphatic carbocycles. The van der Waals surface area contributed by atoms with Crippen molar-refractivity contribution in [2.24, 2.45) is 0 Å². The van der Waals surface area contributed by atoms with Crippen molar-refractivity contribution in [2.45, 2.75) is 25.1 Å². The van der Waals surface area contributed by atoms with E-state index in [1.54, 1.807) is 0 Å². The van der Waals surface area contributed by atoms with Gasteiger partial charge in [0.1, 0.15) is 5.82 Å². The predicted molar refractivity (Wildman–Crippen MR) is 71.9 cm³/mol. The monoisotopic (exact) mass is 334 g/mol. The van der Waals surface area contributed by atoms with Gasteiger partial charge in [-0.25, -0.2) is 4.39 Å². The number of aliphatic hydroxyl groups is 1. The largest absolute Gasteiger partial charge is 0.418 e. The van der Waals surface area contributed by atoms with Crippen LogP contribution in [0.4, 0.5) is 23.2 Å². The molecule has 0 spiro atoms. The summed E-state index contributed by atoms with van der Waals surface area (Å²) in [4.78, 5) is 24.9. The van der Waals surface area contributed by atoms with E-state index in [0.717, 1.165) is 17.0 Å². The van der Waals surface area contributed by atoms with Crippen LogP contribution >= 0.6 is 0 Å². The van der Waals surface area contributed by atoms with Gasteiger partial charge in [-0.05, 0) is 31.0 Å². The number of aliphatic hydroxyl groups excluding tert-OH is 1. The summed E-state index contributed by atoms with van der Waals surface area (Å²) in [6, 6.07) is 1.76. The number of amides is 2. The molecule has 9 heteroatoms. The molecule has 126 valence electrons. The van der Waals surface area contributed by atoms with Gasteiger partial charge in [0, 0.05) is 13.1 Å². The van der Waals surface area contributed by atoms with Crippen LogP contribution in [0.15, 0.2) is 18.2 Å². The number of piperidine rings is 1. The molecule has 0 saturated carbocycles. The summed E-state index contributed by atoms with van der Waals surface area (Å²) in [5, 5.41) is 11.2. The molecule has 1 heterocycles. The smallest absolute Gasteiger partial charge is 0.393 e. The van der Waals surface area contributed by atoms with E-state index in [0.29, 0.717) is 12.8 Å². The fourth-order valence-electron chi connectivity index (χ4n) is 2.25. The van der Waals surface area contributed by atoms with Crippen molar-refractivity contribution < 1.29 is 32.3 Å². The molecule has 2 N–H and O–H groups in total. The first-order valence-electron chi connectivity index (χ1n) is 6.83. The summed E-state index contributed by atoms with van der Waals surface area (Å²) in [5.74, 6) is -3.33. The van der Waals surface area contributed by atoms with Gasteiger partial charge in [-0.3, -0.25) is 9.59 Å². The lowest BCUT2D eigenvalue weighted by Gasteiger charge is -2.29. The average Bonchev–Trinajstić information content (AvgIpc) is 2.48. The lowest BCUT2D eigenvalue weighted by Crippen LogP contribution is -2.45. The first-order chi connectivity index (χ1) is 10.7. The van der Waals surface area contributed by atoms with E-state index < -0.39 is 41.2 Å². The molecule has 1 aromatic carbocycles. The van der Waals surface area contributed by atoms with Crippen molar-refractivity contribution in [3.8, 4) is 0 Å². The van der Waals surface area contributed by atoms with Gasteiger partial charge in [-0.1, -0.05) is 0 Å². The molecule has 1 saturated heterocycles. The number of likely N-dealkylation sites (tertiary alicyclic amines) is 1. The lowest BCUT2D eigenvalue weighted by atomic mass is 10.1. The van der Waals surface area contributed by atoms with Crippen LogP contribution in [0.5, 0.6) is 0 Å². The number of alkyl halides is 3. The van der Waals surface area contributed by atoms with Crippen LogP contribution in [-0.4, -0.2) is 41.0 Å². The Balaban J connectivity index is 2.13. The number of carbonyl (C=O) groups excluding carboxylic acids is 2. The summed E-state index contributed by atoms with van der Waals surface area (Å²) < 4.78 is 51.5. The third-order valence-electron chi connectivity index (χ3n) is 3.48. The third kappa shape index (κ3) is 4.19. The Hall–Kier alpha value is -2.16. The van der Waals surface area contributed by atoms with Crippen molar-refractivity contribution in [1.29, 1.82) is 0 Å². The van der Waals surface area contributed by atoms with Crippen molar-refractivity contribution in [3.63, 3.8) is 0 Å². The highest BCUT2D eigenvalue weighted by Crippen LogP contribution is 2.35. The number of hydrogen-bond acceptors (Lipinski definition) is 3. The second-order valence-corrected chi connectivity index (χ2v) is 5.17. The van der Waals surface area contributed by atoms with E-state index in [4.69, 9.17) is 0 Å². The second kappa shape index (κ2) is 6.53. The number of anilines is 1. The van der Waals surface area contributed by atoms with E-state index in [-0.39, 0.29) is 19.2 Å². The minimum Gasteiger partial charge on any atom is -0.393 e. The van der Waals surface area contributed by atoms with Crippen LogP contribution in [0.2, 0.25) is 0 Å². The topological polar surface area (TPSA) is 69.6 Å². The maximum atomic E-state index is 13.0. The zero-order chi connectivity index (χ0) is 17.2. The molecule has 0 radical (unpaired) electrons. The van der Waals surface area contributed by atoms with Gasteiger partial charge in [-0.2, -0.15) is 13.2 Å². The maximum absolute atomic E-state index is 13.0. The second-order valence-electron chi connectivity index (χ2n) is 5.17. The molecule has 0 unspecified atom stereocenters. The normalized spacial score (nSPS) is 16.3. The molecule has 2 rings (SSSR count). The average molecular weight is 334 g/mol. The van der Waals surface area contributed by atoms with Crippen LogP contribution in [0, 0.1) is 5.82 Å². The predicted octanol–water partition coefficient (Wildman–Crippen LogP) is 1.77. The van der Waals surface area contributed by atoms with Gasteiger partial charge in [-0.15, -0.1) is 0 Å². The van der Waals surface area contributed by atoms with Gasteiger partial charge in [0.15, 0.2) is 0 Å². The van der Waals surface area contributed by atoms with E-state index in [1.165, 1.54) is 0 Å². The molecule has 1 aromatic rings. The summed E-state index contributed by atoms with van der Waals surface area (Å²) in [7, 11) is 0. The highest BCUT2D eigenvalue weighted by atomic mass is 19.4. The Morgan fingerprint density at radius 2 is 1.83 bits per heavy atom. The van der Waals surface area contributed by atoms with Crippen molar-refractivity contribution >= 4 is 17.5 Å². The zero-order valence-electron chi connectivity index (χ0n) is 11.9. The number of nitrogens with zero attached hydrogens (tertiary/aromatic N) is 1. The van der Waals surface area contributed by atoms with E-state index in [2.05, 4.69) is 0 Å². The minimum atomic E-state index is -4.87. The first-order valence-corrected chi connectivity index (χ1v) is 6.83. The Kier molecular flexibility index (Phi) is 4.88. The SMILES string of the molecule is O=C(Nc1ccc(F)cc1C(F)(F)F)C(=O)N1CCC(O)CC1. The van der Waals surface area contributed by atoms with Gasteiger partial charge in [0.25, 0.3) is 0 Å². The molecule has 0 bridgehead atoms. The Morgan fingerprint density at radius 1 is 1.22 bits per heavy atom.